The molecule has 2 rings (SSSR count). The number of alkyl halides is 1. The Morgan fingerprint density at radius 1 is 1.40 bits per heavy atom. The quantitative estimate of drug-likeness (QED) is 0.724. The number of fused-ring (bicyclic) bond motifs is 1. The van der Waals surface area contributed by atoms with Crippen LogP contribution in [0.4, 0.5) is 0 Å². The van der Waals surface area contributed by atoms with Crippen LogP contribution in [0.1, 0.15) is 11.4 Å². The molecule has 0 aliphatic rings. The molecule has 0 fully saturated rings. The minimum Gasteiger partial charge on any atom is -0.295 e. The summed E-state index contributed by atoms with van der Waals surface area (Å²) in [4.78, 5) is 12.0. The lowest BCUT2D eigenvalue weighted by molar-refractivity contribution is 0.647. The molecule has 0 aromatic carbocycles. The summed E-state index contributed by atoms with van der Waals surface area (Å²) in [5.41, 5.74) is 2.46. The topological polar surface area (TPSA) is 39.3 Å². The normalized spacial score (nSPS) is 11.1. The third-order valence-corrected chi connectivity index (χ3v) is 2.53. The molecule has 4 nitrogen and oxygen atoms in total. The first-order valence-corrected chi connectivity index (χ1v) is 5.29. The predicted octanol–water partition coefficient (Wildman–Crippen LogP) is 1.35. The summed E-state index contributed by atoms with van der Waals surface area (Å²) in [5, 5.41) is 4.14. The molecule has 0 unspecified atom stereocenters. The van der Waals surface area contributed by atoms with E-state index in [0.29, 0.717) is 12.4 Å². The maximum absolute atomic E-state index is 12.0. The fourth-order valence-electron chi connectivity index (χ4n) is 1.69. The van der Waals surface area contributed by atoms with E-state index < -0.39 is 0 Å². The fraction of sp³-hybridized carbons (Fsp3) is 0.400. The first-order chi connectivity index (χ1) is 7.13. The van der Waals surface area contributed by atoms with Crippen molar-refractivity contribution in [3.8, 4) is 0 Å². The zero-order chi connectivity index (χ0) is 11.0. The molecular formula is C10H12ClN3O. The lowest BCUT2D eigenvalue weighted by Crippen LogP contribution is -2.29. The highest BCUT2D eigenvalue weighted by atomic mass is 35.5. The van der Waals surface area contributed by atoms with Crippen LogP contribution in [0.15, 0.2) is 16.9 Å². The van der Waals surface area contributed by atoms with Crippen molar-refractivity contribution in [2.24, 2.45) is 0 Å². The summed E-state index contributed by atoms with van der Waals surface area (Å²) < 4.78 is 3.04. The minimum atomic E-state index is -0.126. The Kier molecular flexibility index (Phi) is 2.52. The van der Waals surface area contributed by atoms with Crippen LogP contribution < -0.4 is 5.69 Å². The lowest BCUT2D eigenvalue weighted by Gasteiger charge is -2.07. The van der Waals surface area contributed by atoms with E-state index in [0.717, 1.165) is 16.9 Å². The molecule has 2 heterocycles. The van der Waals surface area contributed by atoms with Crippen molar-refractivity contribution in [3.63, 3.8) is 0 Å². The Morgan fingerprint density at radius 3 is 2.80 bits per heavy atom. The smallest absolute Gasteiger partial charge is 0.295 e. The Balaban J connectivity index is 2.77. The van der Waals surface area contributed by atoms with Crippen molar-refractivity contribution < 1.29 is 0 Å². The van der Waals surface area contributed by atoms with Gasteiger partial charge in [0.2, 0.25) is 0 Å². The summed E-state index contributed by atoms with van der Waals surface area (Å²) in [6, 6.07) is 3.83. The number of nitrogens with zero attached hydrogens (tertiary/aromatic N) is 3. The Hall–Kier alpha value is -1.29. The van der Waals surface area contributed by atoms with Gasteiger partial charge in [-0.25, -0.2) is 4.79 Å². The summed E-state index contributed by atoms with van der Waals surface area (Å²) in [6.07, 6.45) is 0. The van der Waals surface area contributed by atoms with Gasteiger partial charge in [0.25, 0.3) is 0 Å². The molecule has 0 saturated heterocycles. The maximum Gasteiger partial charge on any atom is 0.349 e. The summed E-state index contributed by atoms with van der Waals surface area (Å²) in [7, 11) is 0. The van der Waals surface area contributed by atoms with E-state index in [1.165, 1.54) is 4.52 Å². The van der Waals surface area contributed by atoms with Crippen molar-refractivity contribution in [1.82, 2.24) is 14.2 Å². The molecule has 0 bridgehead atoms. The van der Waals surface area contributed by atoms with Gasteiger partial charge >= 0.3 is 5.69 Å². The van der Waals surface area contributed by atoms with Gasteiger partial charge < -0.3 is 0 Å². The van der Waals surface area contributed by atoms with Gasteiger partial charge in [-0.1, -0.05) is 0 Å². The summed E-state index contributed by atoms with van der Waals surface area (Å²) in [6.45, 7) is 4.28. The second-order valence-corrected chi connectivity index (χ2v) is 3.91. The molecule has 0 spiro atoms. The first-order valence-electron chi connectivity index (χ1n) is 4.76. The molecule has 0 saturated carbocycles. The van der Waals surface area contributed by atoms with Crippen LogP contribution in [-0.2, 0) is 6.54 Å². The molecule has 0 N–H and O–H groups in total. The van der Waals surface area contributed by atoms with Crippen molar-refractivity contribution in [2.45, 2.75) is 20.4 Å². The summed E-state index contributed by atoms with van der Waals surface area (Å²) in [5.74, 6) is 0.423. The Labute approximate surface area is 92.1 Å². The Morgan fingerprint density at radius 2 is 2.13 bits per heavy atom. The van der Waals surface area contributed by atoms with Gasteiger partial charge in [-0.3, -0.25) is 4.57 Å². The number of halogens is 1. The third-order valence-electron chi connectivity index (χ3n) is 2.36. The Bertz CT molecular complexity index is 556. The molecule has 2 aromatic heterocycles. The van der Waals surface area contributed by atoms with Gasteiger partial charge in [0.15, 0.2) is 0 Å². The lowest BCUT2D eigenvalue weighted by atomic mass is 10.3. The van der Waals surface area contributed by atoms with Gasteiger partial charge in [0.05, 0.1) is 11.2 Å². The van der Waals surface area contributed by atoms with Crippen LogP contribution in [0.3, 0.4) is 0 Å². The predicted molar refractivity (Wildman–Crippen MR) is 59.6 cm³/mol. The van der Waals surface area contributed by atoms with Crippen LogP contribution in [0.25, 0.3) is 5.52 Å². The van der Waals surface area contributed by atoms with Crippen LogP contribution in [0, 0.1) is 13.8 Å². The summed E-state index contributed by atoms with van der Waals surface area (Å²) >= 11 is 5.65. The highest BCUT2D eigenvalue weighted by molar-refractivity contribution is 6.17. The fourth-order valence-corrected chi connectivity index (χ4v) is 1.86. The van der Waals surface area contributed by atoms with Gasteiger partial charge in [-0.15, -0.1) is 11.6 Å². The highest BCUT2D eigenvalue weighted by Crippen LogP contribution is 2.05. The molecule has 80 valence electrons. The molecule has 0 aliphatic heterocycles. The second kappa shape index (κ2) is 3.70. The van der Waals surface area contributed by atoms with Gasteiger partial charge in [0.1, 0.15) is 0 Å². The average molecular weight is 226 g/mol. The zero-order valence-corrected chi connectivity index (χ0v) is 9.45. The number of aryl methyl sites for hydroxylation is 2. The third kappa shape index (κ3) is 1.65. The van der Waals surface area contributed by atoms with E-state index in [4.69, 9.17) is 11.6 Å². The molecule has 0 radical (unpaired) electrons. The SMILES string of the molecule is Cc1cc2cc(C)n(CCCl)c(=O)n2n1. The highest BCUT2D eigenvalue weighted by Gasteiger charge is 2.07. The monoisotopic (exact) mass is 225 g/mol. The maximum atomic E-state index is 12.0. The van der Waals surface area contributed by atoms with Gasteiger partial charge in [0, 0.05) is 18.1 Å². The largest absolute Gasteiger partial charge is 0.349 e. The molecule has 0 aliphatic carbocycles. The van der Waals surface area contributed by atoms with Gasteiger partial charge in [-0.05, 0) is 26.0 Å². The van der Waals surface area contributed by atoms with Crippen molar-refractivity contribution in [3.05, 3.63) is 34.0 Å². The van der Waals surface area contributed by atoms with Crippen molar-refractivity contribution in [1.29, 1.82) is 0 Å². The molecule has 2 aromatic rings. The number of hydrogen-bond donors (Lipinski definition) is 0. The molecule has 0 atom stereocenters. The van der Waals surface area contributed by atoms with Crippen molar-refractivity contribution >= 4 is 17.1 Å². The van der Waals surface area contributed by atoms with E-state index in [9.17, 15) is 4.79 Å². The van der Waals surface area contributed by atoms with E-state index in [1.807, 2.05) is 26.0 Å². The zero-order valence-electron chi connectivity index (χ0n) is 8.70. The van der Waals surface area contributed by atoms with Crippen LogP contribution in [0.2, 0.25) is 0 Å². The van der Waals surface area contributed by atoms with E-state index in [1.54, 1.807) is 4.57 Å². The van der Waals surface area contributed by atoms with Gasteiger partial charge in [-0.2, -0.15) is 9.61 Å². The molecule has 0 amide bonds. The molecule has 15 heavy (non-hydrogen) atoms. The number of aromatic nitrogens is 3. The molecule has 5 heteroatoms. The second-order valence-electron chi connectivity index (χ2n) is 3.53. The van der Waals surface area contributed by atoms with Crippen LogP contribution in [-0.4, -0.2) is 20.1 Å². The number of rotatable bonds is 2. The van der Waals surface area contributed by atoms with Crippen LogP contribution in [0.5, 0.6) is 0 Å². The standard InChI is InChI=1S/C10H12ClN3O/c1-7-5-9-6-8(2)13(4-3-11)10(15)14(9)12-7/h5-6H,3-4H2,1-2H3. The molecular weight excluding hydrogens is 214 g/mol. The van der Waals surface area contributed by atoms with E-state index >= 15 is 0 Å². The first kappa shape index (κ1) is 10.2. The van der Waals surface area contributed by atoms with Crippen LogP contribution >= 0.6 is 11.6 Å². The van der Waals surface area contributed by atoms with E-state index in [2.05, 4.69) is 5.10 Å². The average Bonchev–Trinajstić information content (AvgIpc) is 2.53. The number of hydrogen-bond acceptors (Lipinski definition) is 2. The minimum absolute atomic E-state index is 0.126. The van der Waals surface area contributed by atoms with E-state index in [-0.39, 0.29) is 5.69 Å². The van der Waals surface area contributed by atoms with Crippen molar-refractivity contribution in [2.75, 3.05) is 5.88 Å².